The summed E-state index contributed by atoms with van der Waals surface area (Å²) in [5, 5.41) is 0. The van der Waals surface area contributed by atoms with Gasteiger partial charge in [-0.3, -0.25) is 4.79 Å². The van der Waals surface area contributed by atoms with Crippen LogP contribution in [0.15, 0.2) is 11.6 Å². The molecular weight excluding hydrogens is 344 g/mol. The molecule has 0 N–H and O–H groups in total. The van der Waals surface area contributed by atoms with Gasteiger partial charge in [0, 0.05) is 11.8 Å². The van der Waals surface area contributed by atoms with Gasteiger partial charge in [0.25, 0.3) is 0 Å². The van der Waals surface area contributed by atoms with Crippen LogP contribution in [0.1, 0.15) is 92.4 Å². The molecule has 2 unspecified atom stereocenters. The number of carbonyl (C=O) groups excluding carboxylic acids is 2. The summed E-state index contributed by atoms with van der Waals surface area (Å²) < 4.78 is 0. The van der Waals surface area contributed by atoms with Gasteiger partial charge in [0.05, 0.1) is 0 Å². The summed E-state index contributed by atoms with van der Waals surface area (Å²) >= 11 is 0. The Bertz CT molecular complexity index is 691. The predicted octanol–water partition coefficient (Wildman–Crippen LogP) is 6.39. The van der Waals surface area contributed by atoms with Crippen molar-refractivity contribution in [2.45, 2.75) is 92.4 Å². The number of fused-ring (bicyclic) bond motifs is 5. The van der Waals surface area contributed by atoms with Crippen LogP contribution in [0.5, 0.6) is 0 Å². The lowest BCUT2D eigenvalue weighted by atomic mass is 9.47. The van der Waals surface area contributed by atoms with Crippen LogP contribution >= 0.6 is 0 Å². The van der Waals surface area contributed by atoms with Crippen molar-refractivity contribution >= 4 is 11.6 Å². The van der Waals surface area contributed by atoms with Crippen LogP contribution in [0.4, 0.5) is 0 Å². The molecule has 0 aromatic rings. The summed E-state index contributed by atoms with van der Waals surface area (Å²) in [7, 11) is 0. The van der Waals surface area contributed by atoms with Crippen LogP contribution in [0.25, 0.3) is 0 Å². The third-order valence-corrected chi connectivity index (χ3v) is 9.90. The van der Waals surface area contributed by atoms with E-state index in [0.717, 1.165) is 18.3 Å². The van der Waals surface area contributed by atoms with Crippen molar-refractivity contribution in [2.75, 3.05) is 0 Å². The number of hydrogen-bond donors (Lipinski definition) is 0. The maximum Gasteiger partial charge on any atom is 0.162 e. The van der Waals surface area contributed by atoms with Crippen molar-refractivity contribution in [1.29, 1.82) is 0 Å². The molecule has 0 bridgehead atoms. The Morgan fingerprint density at radius 1 is 1.18 bits per heavy atom. The van der Waals surface area contributed by atoms with Gasteiger partial charge in [-0.2, -0.15) is 0 Å². The lowest BCUT2D eigenvalue weighted by Gasteiger charge is -2.56. The summed E-state index contributed by atoms with van der Waals surface area (Å²) in [6, 6.07) is 0. The maximum atomic E-state index is 13.6. The monoisotopic (exact) mass is 384 g/mol. The van der Waals surface area contributed by atoms with E-state index in [4.69, 9.17) is 0 Å². The molecule has 0 saturated heterocycles. The molecule has 2 nitrogen and oxygen atoms in total. The number of ketones is 2. The first-order chi connectivity index (χ1) is 13.2. The Morgan fingerprint density at radius 2 is 1.93 bits per heavy atom. The zero-order valence-electron chi connectivity index (χ0n) is 18.7. The van der Waals surface area contributed by atoms with Crippen molar-refractivity contribution in [3.05, 3.63) is 11.6 Å². The van der Waals surface area contributed by atoms with Gasteiger partial charge >= 0.3 is 0 Å². The van der Waals surface area contributed by atoms with Gasteiger partial charge in [-0.05, 0) is 105 Å². The smallest absolute Gasteiger partial charge is 0.162 e. The van der Waals surface area contributed by atoms with Gasteiger partial charge in [0.1, 0.15) is 5.78 Å². The van der Waals surface area contributed by atoms with Crippen molar-refractivity contribution in [3.63, 3.8) is 0 Å². The maximum absolute atomic E-state index is 13.6. The minimum Gasteiger partial charge on any atom is -0.300 e. The SMILES string of the molecule is CC(=O)CC[C@@H](C)[C@H]1CCC2C3CC[C@@H]4C[C@H](C)CC[C@]4(C)C3=CC(=O)[C@@]21C. The highest BCUT2D eigenvalue weighted by molar-refractivity contribution is 5.97. The van der Waals surface area contributed by atoms with E-state index in [1.54, 1.807) is 12.5 Å². The number of hydrogen-bond acceptors (Lipinski definition) is 2. The molecule has 3 fully saturated rings. The van der Waals surface area contributed by atoms with Crippen molar-refractivity contribution in [2.24, 2.45) is 46.3 Å². The first-order valence-corrected chi connectivity index (χ1v) is 11.9. The van der Waals surface area contributed by atoms with E-state index in [-0.39, 0.29) is 16.6 Å². The van der Waals surface area contributed by atoms with Crippen LogP contribution in [0.3, 0.4) is 0 Å². The molecule has 0 spiro atoms. The third kappa shape index (κ3) is 2.96. The summed E-state index contributed by atoms with van der Waals surface area (Å²) in [5.74, 6) is 4.38. The van der Waals surface area contributed by atoms with E-state index in [0.29, 0.717) is 35.9 Å². The second-order valence-corrected chi connectivity index (χ2v) is 11.4. The Hall–Kier alpha value is -0.920. The van der Waals surface area contributed by atoms with Crippen molar-refractivity contribution < 1.29 is 9.59 Å². The lowest BCUT2D eigenvalue weighted by molar-refractivity contribution is -0.132. The van der Waals surface area contributed by atoms with Gasteiger partial charge in [-0.1, -0.05) is 33.3 Å². The summed E-state index contributed by atoms with van der Waals surface area (Å²) in [6.07, 6.45) is 12.7. The quantitative estimate of drug-likeness (QED) is 0.563. The molecule has 0 amide bonds. The number of rotatable bonds is 4. The number of allylic oxidation sites excluding steroid dienone is 2. The van der Waals surface area contributed by atoms with E-state index in [2.05, 4.69) is 33.8 Å². The zero-order chi connectivity index (χ0) is 20.3. The Kier molecular flexibility index (Phi) is 5.16. The molecule has 4 aliphatic rings. The molecule has 0 heterocycles. The van der Waals surface area contributed by atoms with Gasteiger partial charge in [-0.25, -0.2) is 0 Å². The van der Waals surface area contributed by atoms with Gasteiger partial charge in [0.2, 0.25) is 0 Å². The molecule has 4 aliphatic carbocycles. The number of carbonyl (C=O) groups is 2. The van der Waals surface area contributed by atoms with Gasteiger partial charge in [0.15, 0.2) is 5.78 Å². The molecule has 3 saturated carbocycles. The van der Waals surface area contributed by atoms with E-state index in [1.165, 1.54) is 44.9 Å². The van der Waals surface area contributed by atoms with Gasteiger partial charge < -0.3 is 4.79 Å². The van der Waals surface area contributed by atoms with Gasteiger partial charge in [-0.15, -0.1) is 0 Å². The van der Waals surface area contributed by atoms with Crippen molar-refractivity contribution in [3.8, 4) is 0 Å². The van der Waals surface area contributed by atoms with Crippen LogP contribution in [0.2, 0.25) is 0 Å². The molecule has 0 radical (unpaired) electrons. The average molecular weight is 385 g/mol. The van der Waals surface area contributed by atoms with E-state index < -0.39 is 0 Å². The van der Waals surface area contributed by atoms with Crippen molar-refractivity contribution in [1.82, 2.24) is 0 Å². The van der Waals surface area contributed by atoms with Crippen LogP contribution in [-0.4, -0.2) is 11.6 Å². The predicted molar refractivity (Wildman–Crippen MR) is 114 cm³/mol. The van der Waals surface area contributed by atoms with Crippen LogP contribution < -0.4 is 0 Å². The molecule has 8 atom stereocenters. The molecule has 0 aliphatic heterocycles. The summed E-state index contributed by atoms with van der Waals surface area (Å²) in [6.45, 7) is 11.2. The highest BCUT2D eigenvalue weighted by Gasteiger charge is 2.60. The summed E-state index contributed by atoms with van der Waals surface area (Å²) in [5.41, 5.74) is 1.61. The number of Topliss-reactive ketones (excluding diaryl/α,β-unsaturated/α-hetero) is 1. The average Bonchev–Trinajstić information content (AvgIpc) is 3.00. The summed E-state index contributed by atoms with van der Waals surface area (Å²) in [4.78, 5) is 25.1. The third-order valence-electron chi connectivity index (χ3n) is 9.90. The molecule has 156 valence electrons. The second-order valence-electron chi connectivity index (χ2n) is 11.4. The molecule has 0 aromatic carbocycles. The van der Waals surface area contributed by atoms with E-state index >= 15 is 0 Å². The minimum absolute atomic E-state index is 0.199. The van der Waals surface area contributed by atoms with E-state index in [1.807, 2.05) is 0 Å². The normalized spacial score (nSPS) is 46.2. The lowest BCUT2D eigenvalue weighted by Crippen LogP contribution is -2.51. The highest BCUT2D eigenvalue weighted by Crippen LogP contribution is 2.65. The second kappa shape index (κ2) is 7.10. The minimum atomic E-state index is -0.199. The highest BCUT2D eigenvalue weighted by atomic mass is 16.1. The molecular formula is C26H40O2. The topological polar surface area (TPSA) is 34.1 Å². The van der Waals surface area contributed by atoms with Crippen LogP contribution in [0, 0.1) is 46.3 Å². The molecule has 4 rings (SSSR count). The standard InChI is InChI=1S/C26H40O2/c1-16-12-13-25(4)19(14-16)8-9-20-22-11-10-21(17(2)6-7-18(3)27)26(22,5)24(28)15-23(20)25/h15-17,19-22H,6-14H2,1-5H3/t16-,17-,19-,20?,21-,22?,25+,26-/m1/s1. The fraction of sp³-hybridized carbons (Fsp3) is 0.846. The van der Waals surface area contributed by atoms with E-state index in [9.17, 15) is 9.59 Å². The fourth-order valence-corrected chi connectivity index (χ4v) is 8.10. The largest absolute Gasteiger partial charge is 0.300 e. The van der Waals surface area contributed by atoms with Crippen LogP contribution in [-0.2, 0) is 9.59 Å². The molecule has 0 aromatic heterocycles. The first kappa shape index (κ1) is 20.4. The Morgan fingerprint density at radius 3 is 2.64 bits per heavy atom. The molecule has 2 heteroatoms. The Balaban J connectivity index is 1.63. The zero-order valence-corrected chi connectivity index (χ0v) is 18.7. The molecule has 28 heavy (non-hydrogen) atoms. The fourth-order valence-electron chi connectivity index (χ4n) is 8.10. The Labute approximate surface area is 171 Å². The first-order valence-electron chi connectivity index (χ1n) is 11.9.